The summed E-state index contributed by atoms with van der Waals surface area (Å²) < 4.78 is 5.58. The van der Waals surface area contributed by atoms with Crippen LogP contribution in [0.1, 0.15) is 19.3 Å². The molecule has 4 aliphatic rings. The van der Waals surface area contributed by atoms with Gasteiger partial charge in [-0.15, -0.1) is 0 Å². The Morgan fingerprint density at radius 2 is 1.70 bits per heavy atom. The van der Waals surface area contributed by atoms with Crippen LogP contribution in [0, 0.1) is 23.7 Å². The lowest BCUT2D eigenvalue weighted by molar-refractivity contribution is -0.142. The molecule has 4 fully saturated rings. The second kappa shape index (κ2) is 4.78. The lowest BCUT2D eigenvalue weighted by atomic mass is 9.81. The van der Waals surface area contributed by atoms with Crippen molar-refractivity contribution in [2.45, 2.75) is 35.0 Å². The summed E-state index contributed by atoms with van der Waals surface area (Å²) in [4.78, 5) is 27.4. The molecule has 7 atom stereocenters. The zero-order valence-corrected chi connectivity index (χ0v) is 14.2. The molecule has 0 spiro atoms. The number of hydrogen-bond donors (Lipinski definition) is 0. The highest BCUT2D eigenvalue weighted by molar-refractivity contribution is 9.12. The third kappa shape index (κ3) is 1.73. The highest BCUT2D eigenvalue weighted by Crippen LogP contribution is 2.60. The Hall–Kier alpha value is 0.0600. The van der Waals surface area contributed by atoms with E-state index < -0.39 is 0 Å². The summed E-state index contributed by atoms with van der Waals surface area (Å²) in [5.74, 6) is 0.526. The minimum Gasteiger partial charge on any atom is -0.376 e. The van der Waals surface area contributed by atoms with E-state index in [-0.39, 0.29) is 29.8 Å². The van der Waals surface area contributed by atoms with Crippen LogP contribution in [0.25, 0.3) is 0 Å². The van der Waals surface area contributed by atoms with Crippen LogP contribution in [0.15, 0.2) is 0 Å². The molecule has 2 aliphatic carbocycles. The highest BCUT2D eigenvalue weighted by Gasteiger charge is 2.66. The number of amides is 2. The van der Waals surface area contributed by atoms with E-state index in [1.54, 1.807) is 0 Å². The van der Waals surface area contributed by atoms with Crippen molar-refractivity contribution in [3.05, 3.63) is 0 Å². The maximum absolute atomic E-state index is 12.6. The molecular formula is C14H17Br2NO3. The third-order valence-electron chi connectivity index (χ3n) is 5.49. The smallest absolute Gasteiger partial charge is 0.233 e. The van der Waals surface area contributed by atoms with E-state index in [1.807, 2.05) is 0 Å². The SMILES string of the molecule is O=C1[C@H]2[C@@H]3C[C@H]([C@@H](Br)[C@H]3Br)[C@@H]2C(=O)N1C[C@@H]1CCCO1. The van der Waals surface area contributed by atoms with Gasteiger partial charge >= 0.3 is 0 Å². The number of nitrogens with zero attached hydrogens (tertiary/aromatic N) is 1. The minimum atomic E-state index is -0.0907. The van der Waals surface area contributed by atoms with Gasteiger partial charge in [0.05, 0.1) is 24.5 Å². The number of rotatable bonds is 2. The van der Waals surface area contributed by atoms with Crippen LogP contribution < -0.4 is 0 Å². The molecule has 6 heteroatoms. The van der Waals surface area contributed by atoms with Crippen LogP contribution in [0.2, 0.25) is 0 Å². The number of carbonyl (C=O) groups is 2. The van der Waals surface area contributed by atoms with E-state index in [9.17, 15) is 9.59 Å². The van der Waals surface area contributed by atoms with Crippen molar-refractivity contribution in [2.24, 2.45) is 23.7 Å². The molecule has 20 heavy (non-hydrogen) atoms. The number of alkyl halides is 2. The summed E-state index contributed by atoms with van der Waals surface area (Å²) in [5.41, 5.74) is 0. The lowest BCUT2D eigenvalue weighted by Crippen LogP contribution is -2.38. The number of likely N-dealkylation sites (tertiary alicyclic amines) is 1. The van der Waals surface area contributed by atoms with Gasteiger partial charge in [-0.3, -0.25) is 14.5 Å². The van der Waals surface area contributed by atoms with Crippen molar-refractivity contribution < 1.29 is 14.3 Å². The van der Waals surface area contributed by atoms with Gasteiger partial charge < -0.3 is 4.74 Å². The molecule has 4 nitrogen and oxygen atoms in total. The minimum absolute atomic E-state index is 0.0480. The van der Waals surface area contributed by atoms with Crippen molar-refractivity contribution in [1.82, 2.24) is 4.90 Å². The normalized spacial score (nSPS) is 50.3. The molecule has 0 unspecified atom stereocenters. The Kier molecular flexibility index (Phi) is 3.28. The predicted octanol–water partition coefficient (Wildman–Crippen LogP) is 1.94. The Morgan fingerprint density at radius 3 is 2.20 bits per heavy atom. The monoisotopic (exact) mass is 405 g/mol. The maximum atomic E-state index is 12.6. The predicted molar refractivity (Wildman–Crippen MR) is 79.7 cm³/mol. The zero-order chi connectivity index (χ0) is 14.0. The number of ether oxygens (including phenoxy) is 1. The number of carbonyl (C=O) groups excluding carboxylic acids is 2. The average molecular weight is 407 g/mol. The van der Waals surface area contributed by atoms with Crippen LogP contribution in [0.4, 0.5) is 0 Å². The Bertz CT molecular complexity index is 433. The standard InChI is InChI=1S/C14H17Br2NO3/c15-11-7-4-8(12(11)16)10-9(7)13(18)17(14(10)19)5-6-2-1-3-20-6/h6-12H,1-5H2/t6-,7-,8-,9-,10-,11-,12+/m0/s1. The first kappa shape index (κ1) is 13.7. The van der Waals surface area contributed by atoms with Crippen molar-refractivity contribution in [1.29, 1.82) is 0 Å². The fraction of sp³-hybridized carbons (Fsp3) is 0.857. The van der Waals surface area contributed by atoms with Crippen molar-refractivity contribution in [3.63, 3.8) is 0 Å². The first-order valence-electron chi connectivity index (χ1n) is 7.34. The van der Waals surface area contributed by atoms with Crippen molar-refractivity contribution in [3.8, 4) is 0 Å². The van der Waals surface area contributed by atoms with E-state index in [0.29, 0.717) is 28.0 Å². The van der Waals surface area contributed by atoms with Gasteiger partial charge in [-0.25, -0.2) is 0 Å². The first-order chi connectivity index (χ1) is 9.59. The fourth-order valence-corrected chi connectivity index (χ4v) is 6.46. The number of hydrogen-bond acceptors (Lipinski definition) is 3. The summed E-state index contributed by atoms with van der Waals surface area (Å²) in [7, 11) is 0. The number of fused-ring (bicyclic) bond motifs is 5. The molecule has 0 aromatic heterocycles. The molecule has 2 aliphatic heterocycles. The van der Waals surface area contributed by atoms with Crippen LogP contribution in [0.5, 0.6) is 0 Å². The summed E-state index contributed by atoms with van der Waals surface area (Å²) in [5, 5.41) is 0. The first-order valence-corrected chi connectivity index (χ1v) is 9.17. The molecule has 2 saturated carbocycles. The van der Waals surface area contributed by atoms with Gasteiger partial charge in [0.25, 0.3) is 0 Å². The van der Waals surface area contributed by atoms with Gasteiger partial charge in [0, 0.05) is 16.3 Å². The van der Waals surface area contributed by atoms with Gasteiger partial charge in [0.1, 0.15) is 0 Å². The molecule has 0 aromatic carbocycles. The third-order valence-corrected chi connectivity index (χ3v) is 8.70. The van der Waals surface area contributed by atoms with E-state index in [0.717, 1.165) is 25.9 Å². The van der Waals surface area contributed by atoms with Gasteiger partial charge in [-0.1, -0.05) is 31.9 Å². The van der Waals surface area contributed by atoms with E-state index in [1.165, 1.54) is 4.90 Å². The van der Waals surface area contributed by atoms with Gasteiger partial charge in [0.2, 0.25) is 11.8 Å². The molecule has 0 radical (unpaired) electrons. The summed E-state index contributed by atoms with van der Waals surface area (Å²) in [6.45, 7) is 1.22. The second-order valence-electron chi connectivity index (χ2n) is 6.43. The van der Waals surface area contributed by atoms with E-state index in [2.05, 4.69) is 31.9 Å². The maximum Gasteiger partial charge on any atom is 0.233 e. The van der Waals surface area contributed by atoms with Crippen molar-refractivity contribution in [2.75, 3.05) is 13.2 Å². The van der Waals surface area contributed by atoms with E-state index >= 15 is 0 Å². The molecular weight excluding hydrogens is 390 g/mol. The second-order valence-corrected chi connectivity index (χ2v) is 8.54. The van der Waals surface area contributed by atoms with Crippen LogP contribution in [0.3, 0.4) is 0 Å². The molecule has 2 saturated heterocycles. The summed E-state index contributed by atoms with van der Waals surface area (Å²) >= 11 is 7.40. The topological polar surface area (TPSA) is 46.6 Å². The summed E-state index contributed by atoms with van der Waals surface area (Å²) in [6.07, 6.45) is 3.04. The Morgan fingerprint density at radius 1 is 1.10 bits per heavy atom. The molecule has 2 amide bonds. The van der Waals surface area contributed by atoms with Crippen LogP contribution in [-0.2, 0) is 14.3 Å². The number of imide groups is 1. The largest absolute Gasteiger partial charge is 0.376 e. The van der Waals surface area contributed by atoms with Gasteiger partial charge in [0.15, 0.2) is 0 Å². The van der Waals surface area contributed by atoms with E-state index in [4.69, 9.17) is 4.74 Å². The Labute approximate surface area is 134 Å². The zero-order valence-electron chi connectivity index (χ0n) is 11.0. The van der Waals surface area contributed by atoms with Crippen LogP contribution in [-0.4, -0.2) is 45.6 Å². The molecule has 0 aromatic rings. The van der Waals surface area contributed by atoms with Gasteiger partial charge in [-0.05, 0) is 31.1 Å². The van der Waals surface area contributed by atoms with Crippen LogP contribution >= 0.6 is 31.9 Å². The lowest BCUT2D eigenvalue weighted by Gasteiger charge is -2.28. The molecule has 0 N–H and O–H groups in total. The highest BCUT2D eigenvalue weighted by atomic mass is 79.9. The average Bonchev–Trinajstić information content (AvgIpc) is 3.15. The fourth-order valence-electron chi connectivity index (χ4n) is 4.58. The summed E-state index contributed by atoms with van der Waals surface area (Å²) in [6, 6.07) is 0. The molecule has 2 heterocycles. The molecule has 4 rings (SSSR count). The molecule has 110 valence electrons. The van der Waals surface area contributed by atoms with Gasteiger partial charge in [-0.2, -0.15) is 0 Å². The number of halogens is 2. The quantitative estimate of drug-likeness (QED) is 0.520. The Balaban J connectivity index is 1.57. The molecule has 2 bridgehead atoms. The van der Waals surface area contributed by atoms with Crippen molar-refractivity contribution >= 4 is 43.7 Å².